The monoisotopic (exact) mass is 353 g/mol. The number of hydrogen-bond acceptors (Lipinski definition) is 2. The molecule has 1 fully saturated rings. The van der Waals surface area contributed by atoms with Crippen LogP contribution in [0, 0.1) is 6.92 Å². The fourth-order valence-electron chi connectivity index (χ4n) is 2.98. The number of aryl methyl sites for hydroxylation is 1. The number of carbonyl (C=O) groups is 1. The van der Waals surface area contributed by atoms with Gasteiger partial charge in [0.2, 0.25) is 0 Å². The third-order valence-corrected chi connectivity index (χ3v) is 5.61. The molecule has 1 N–H and O–H groups in total. The molecule has 0 spiro atoms. The normalized spacial score (nSPS) is 21.0. The first-order valence-electron chi connectivity index (χ1n) is 7.71. The van der Waals surface area contributed by atoms with Crippen LogP contribution in [0.4, 0.5) is 0 Å². The Morgan fingerprint density at radius 3 is 2.81 bits per heavy atom. The number of amides is 1. The minimum atomic E-state index is -0.0694. The van der Waals surface area contributed by atoms with Gasteiger partial charge in [0.15, 0.2) is 0 Å². The highest BCUT2D eigenvalue weighted by molar-refractivity contribution is 9.10. The lowest BCUT2D eigenvalue weighted by molar-refractivity contribution is -0.0917. The first-order valence-corrected chi connectivity index (χ1v) is 8.50. The van der Waals surface area contributed by atoms with Crippen LogP contribution < -0.4 is 5.32 Å². The summed E-state index contributed by atoms with van der Waals surface area (Å²) >= 11 is 3.51. The van der Waals surface area contributed by atoms with Crippen molar-refractivity contribution in [2.45, 2.75) is 58.1 Å². The van der Waals surface area contributed by atoms with Gasteiger partial charge in [0.1, 0.15) is 0 Å². The molecular formula is C17H24BrNO2. The van der Waals surface area contributed by atoms with Gasteiger partial charge in [-0.3, -0.25) is 4.79 Å². The minimum absolute atomic E-state index is 0.00131. The second-order valence-electron chi connectivity index (χ2n) is 5.84. The van der Waals surface area contributed by atoms with Crippen molar-refractivity contribution in [3.63, 3.8) is 0 Å². The van der Waals surface area contributed by atoms with Crippen LogP contribution >= 0.6 is 15.9 Å². The van der Waals surface area contributed by atoms with Gasteiger partial charge < -0.3 is 10.1 Å². The van der Waals surface area contributed by atoms with Gasteiger partial charge in [0.05, 0.1) is 11.2 Å². The van der Waals surface area contributed by atoms with E-state index in [9.17, 15) is 4.79 Å². The van der Waals surface area contributed by atoms with E-state index in [1.54, 1.807) is 0 Å². The molecule has 116 valence electrons. The largest absolute Gasteiger partial charge is 0.375 e. The Morgan fingerprint density at radius 2 is 2.14 bits per heavy atom. The van der Waals surface area contributed by atoms with Crippen LogP contribution in [0.3, 0.4) is 0 Å². The maximum atomic E-state index is 12.5. The molecule has 1 unspecified atom stereocenters. The van der Waals surface area contributed by atoms with Gasteiger partial charge in [0, 0.05) is 17.1 Å². The summed E-state index contributed by atoms with van der Waals surface area (Å²) in [5.74, 6) is -0.00131. The predicted octanol–water partition coefficient (Wildman–Crippen LogP) is 4.23. The van der Waals surface area contributed by atoms with E-state index >= 15 is 0 Å². The van der Waals surface area contributed by atoms with Crippen LogP contribution in [0.1, 0.15) is 55.5 Å². The number of benzene rings is 1. The summed E-state index contributed by atoms with van der Waals surface area (Å²) in [7, 11) is 0. The van der Waals surface area contributed by atoms with Crippen molar-refractivity contribution >= 4 is 21.8 Å². The molecule has 0 aliphatic carbocycles. The number of halogens is 1. The van der Waals surface area contributed by atoms with E-state index in [4.69, 9.17) is 4.74 Å². The molecule has 4 heteroatoms. The maximum absolute atomic E-state index is 12.5. The fraction of sp³-hybridized carbons (Fsp3) is 0.588. The van der Waals surface area contributed by atoms with Crippen LogP contribution in [0.2, 0.25) is 0 Å². The standard InChI is InChI=1S/C17H24BrNO2/c1-4-17(5-2)11-13(9-10-21-17)19-16(20)14-8-6-7-12(3)15(14)18/h6-8,13H,4-5,9-11H2,1-3H3,(H,19,20). The van der Waals surface area contributed by atoms with Crippen LogP contribution in [0.5, 0.6) is 0 Å². The van der Waals surface area contributed by atoms with E-state index in [0.717, 1.165) is 42.3 Å². The molecule has 0 saturated carbocycles. The quantitative estimate of drug-likeness (QED) is 0.879. The van der Waals surface area contributed by atoms with Crippen molar-refractivity contribution < 1.29 is 9.53 Å². The van der Waals surface area contributed by atoms with E-state index in [2.05, 4.69) is 35.1 Å². The molecule has 0 radical (unpaired) electrons. The van der Waals surface area contributed by atoms with Crippen molar-refractivity contribution in [3.05, 3.63) is 33.8 Å². The van der Waals surface area contributed by atoms with Crippen molar-refractivity contribution in [3.8, 4) is 0 Å². The van der Waals surface area contributed by atoms with Gasteiger partial charge in [-0.2, -0.15) is 0 Å². The summed E-state index contributed by atoms with van der Waals surface area (Å²) in [4.78, 5) is 12.5. The molecule has 1 aliphatic rings. The van der Waals surface area contributed by atoms with Crippen LogP contribution in [-0.2, 0) is 4.74 Å². The van der Waals surface area contributed by atoms with Crippen molar-refractivity contribution in [1.82, 2.24) is 5.32 Å². The van der Waals surface area contributed by atoms with E-state index < -0.39 is 0 Å². The third kappa shape index (κ3) is 3.67. The Bertz CT molecular complexity index is 512. The first-order chi connectivity index (χ1) is 10.0. The van der Waals surface area contributed by atoms with E-state index in [-0.39, 0.29) is 17.6 Å². The second kappa shape index (κ2) is 6.93. The Kier molecular flexibility index (Phi) is 5.44. The zero-order valence-corrected chi connectivity index (χ0v) is 14.6. The Hall–Kier alpha value is -0.870. The lowest BCUT2D eigenvalue weighted by Gasteiger charge is -2.40. The SMILES string of the molecule is CCC1(CC)CC(NC(=O)c2cccc(C)c2Br)CCO1. The van der Waals surface area contributed by atoms with Gasteiger partial charge in [-0.15, -0.1) is 0 Å². The van der Waals surface area contributed by atoms with Gasteiger partial charge in [0.25, 0.3) is 5.91 Å². The summed E-state index contributed by atoms with van der Waals surface area (Å²) in [6.45, 7) is 7.03. The highest BCUT2D eigenvalue weighted by atomic mass is 79.9. The number of rotatable bonds is 4. The highest BCUT2D eigenvalue weighted by Gasteiger charge is 2.35. The molecule has 1 saturated heterocycles. The number of hydrogen-bond donors (Lipinski definition) is 1. The van der Waals surface area contributed by atoms with Gasteiger partial charge in [-0.25, -0.2) is 0 Å². The summed E-state index contributed by atoms with van der Waals surface area (Å²) < 4.78 is 6.85. The summed E-state index contributed by atoms with van der Waals surface area (Å²) in [6, 6.07) is 5.97. The van der Waals surface area contributed by atoms with Crippen molar-refractivity contribution in [1.29, 1.82) is 0 Å². The molecular weight excluding hydrogens is 330 g/mol. The Morgan fingerprint density at radius 1 is 1.43 bits per heavy atom. The number of carbonyl (C=O) groups excluding carboxylic acids is 1. The Labute approximate surface area is 135 Å². The van der Waals surface area contributed by atoms with Crippen LogP contribution in [0.15, 0.2) is 22.7 Å². The Balaban J connectivity index is 2.07. The van der Waals surface area contributed by atoms with Crippen LogP contribution in [0.25, 0.3) is 0 Å². The molecule has 2 rings (SSSR count). The molecule has 1 heterocycles. The van der Waals surface area contributed by atoms with E-state index in [0.29, 0.717) is 5.56 Å². The predicted molar refractivity (Wildman–Crippen MR) is 88.6 cm³/mol. The zero-order valence-electron chi connectivity index (χ0n) is 13.0. The van der Waals surface area contributed by atoms with Crippen LogP contribution in [-0.4, -0.2) is 24.2 Å². The average molecular weight is 354 g/mol. The lowest BCUT2D eigenvalue weighted by atomic mass is 9.86. The maximum Gasteiger partial charge on any atom is 0.252 e. The molecule has 1 aromatic carbocycles. The highest BCUT2D eigenvalue weighted by Crippen LogP contribution is 2.31. The second-order valence-corrected chi connectivity index (χ2v) is 6.63. The number of nitrogens with one attached hydrogen (secondary N) is 1. The van der Waals surface area contributed by atoms with Gasteiger partial charge in [-0.05, 0) is 60.2 Å². The van der Waals surface area contributed by atoms with Gasteiger partial charge >= 0.3 is 0 Å². The molecule has 0 aromatic heterocycles. The molecule has 1 aliphatic heterocycles. The average Bonchev–Trinajstić information content (AvgIpc) is 2.50. The van der Waals surface area contributed by atoms with E-state index in [1.165, 1.54) is 0 Å². The molecule has 1 atom stereocenters. The molecule has 0 bridgehead atoms. The number of ether oxygens (including phenoxy) is 1. The minimum Gasteiger partial charge on any atom is -0.375 e. The zero-order chi connectivity index (χ0) is 15.5. The van der Waals surface area contributed by atoms with Crippen molar-refractivity contribution in [2.24, 2.45) is 0 Å². The van der Waals surface area contributed by atoms with Gasteiger partial charge in [-0.1, -0.05) is 26.0 Å². The fourth-order valence-corrected chi connectivity index (χ4v) is 3.42. The third-order valence-electron chi connectivity index (χ3n) is 4.55. The topological polar surface area (TPSA) is 38.3 Å². The molecule has 1 aromatic rings. The smallest absolute Gasteiger partial charge is 0.252 e. The van der Waals surface area contributed by atoms with E-state index in [1.807, 2.05) is 25.1 Å². The van der Waals surface area contributed by atoms with Crippen molar-refractivity contribution in [2.75, 3.05) is 6.61 Å². The molecule has 3 nitrogen and oxygen atoms in total. The molecule has 21 heavy (non-hydrogen) atoms. The summed E-state index contributed by atoms with van der Waals surface area (Å²) in [6.07, 6.45) is 3.76. The summed E-state index contributed by atoms with van der Waals surface area (Å²) in [5, 5.41) is 3.18. The molecule has 1 amide bonds. The summed E-state index contributed by atoms with van der Waals surface area (Å²) in [5.41, 5.74) is 1.71. The first kappa shape index (κ1) is 16.5. The lowest BCUT2D eigenvalue weighted by Crippen LogP contribution is -2.48.